The van der Waals surface area contributed by atoms with Gasteiger partial charge in [-0.05, 0) is 29.8 Å². The van der Waals surface area contributed by atoms with Crippen LogP contribution in [0.5, 0.6) is 0 Å². The van der Waals surface area contributed by atoms with E-state index in [-0.39, 0.29) is 5.91 Å². The van der Waals surface area contributed by atoms with Crippen molar-refractivity contribution in [3.63, 3.8) is 0 Å². The standard InChI is InChI=1S/C16H16N4O/c1-20(2)16(21)14-6-7-18-15(9-14)19-11-13-5-3-4-12(8-13)10-17/h3-9H,11H2,1-2H3,(H,18,19). The van der Waals surface area contributed by atoms with Gasteiger partial charge in [0.05, 0.1) is 11.6 Å². The highest BCUT2D eigenvalue weighted by molar-refractivity contribution is 5.94. The summed E-state index contributed by atoms with van der Waals surface area (Å²) in [4.78, 5) is 17.6. The van der Waals surface area contributed by atoms with Crippen molar-refractivity contribution in [1.29, 1.82) is 5.26 Å². The summed E-state index contributed by atoms with van der Waals surface area (Å²) in [7, 11) is 3.42. The molecule has 21 heavy (non-hydrogen) atoms. The molecule has 2 aromatic rings. The van der Waals surface area contributed by atoms with Crippen LogP contribution in [0.25, 0.3) is 0 Å². The van der Waals surface area contributed by atoms with Gasteiger partial charge in [-0.15, -0.1) is 0 Å². The Balaban J connectivity index is 2.08. The predicted octanol–water partition coefficient (Wildman–Crippen LogP) is 2.27. The van der Waals surface area contributed by atoms with Crippen molar-refractivity contribution in [1.82, 2.24) is 9.88 Å². The van der Waals surface area contributed by atoms with Gasteiger partial charge in [-0.25, -0.2) is 4.98 Å². The highest BCUT2D eigenvalue weighted by Crippen LogP contribution is 2.11. The van der Waals surface area contributed by atoms with E-state index in [1.165, 1.54) is 4.90 Å². The molecule has 0 unspecified atom stereocenters. The Morgan fingerprint density at radius 2 is 2.14 bits per heavy atom. The van der Waals surface area contributed by atoms with Crippen LogP contribution in [-0.2, 0) is 6.54 Å². The lowest BCUT2D eigenvalue weighted by atomic mass is 10.1. The SMILES string of the molecule is CN(C)C(=O)c1ccnc(NCc2cccc(C#N)c2)c1. The summed E-state index contributed by atoms with van der Waals surface area (Å²) in [5, 5.41) is 12.0. The normalized spacial score (nSPS) is 9.76. The third-order valence-corrected chi connectivity index (χ3v) is 2.94. The molecule has 2 rings (SSSR count). The van der Waals surface area contributed by atoms with Crippen molar-refractivity contribution in [2.75, 3.05) is 19.4 Å². The molecule has 5 heteroatoms. The molecule has 0 atom stereocenters. The second-order valence-electron chi connectivity index (χ2n) is 4.80. The number of nitrogens with one attached hydrogen (secondary N) is 1. The van der Waals surface area contributed by atoms with E-state index in [0.29, 0.717) is 23.5 Å². The Hall–Kier alpha value is -2.87. The van der Waals surface area contributed by atoms with Crippen LogP contribution >= 0.6 is 0 Å². The van der Waals surface area contributed by atoms with E-state index in [1.807, 2.05) is 18.2 Å². The number of rotatable bonds is 4. The first-order chi connectivity index (χ1) is 10.1. The van der Waals surface area contributed by atoms with E-state index >= 15 is 0 Å². The minimum atomic E-state index is -0.0630. The number of benzene rings is 1. The van der Waals surface area contributed by atoms with Crippen molar-refractivity contribution >= 4 is 11.7 Å². The number of hydrogen-bond donors (Lipinski definition) is 1. The van der Waals surface area contributed by atoms with Gasteiger partial charge < -0.3 is 10.2 Å². The van der Waals surface area contributed by atoms with E-state index in [4.69, 9.17) is 5.26 Å². The summed E-state index contributed by atoms with van der Waals surface area (Å²) in [5.74, 6) is 0.567. The van der Waals surface area contributed by atoms with Crippen molar-refractivity contribution in [2.45, 2.75) is 6.54 Å². The lowest BCUT2D eigenvalue weighted by molar-refractivity contribution is 0.0827. The number of aromatic nitrogens is 1. The quantitative estimate of drug-likeness (QED) is 0.932. The van der Waals surface area contributed by atoms with E-state index in [1.54, 1.807) is 38.5 Å². The second-order valence-corrected chi connectivity index (χ2v) is 4.80. The van der Waals surface area contributed by atoms with Crippen molar-refractivity contribution in [3.8, 4) is 6.07 Å². The highest BCUT2D eigenvalue weighted by atomic mass is 16.2. The van der Waals surface area contributed by atoms with E-state index in [2.05, 4.69) is 16.4 Å². The second kappa shape index (κ2) is 6.53. The van der Waals surface area contributed by atoms with Crippen molar-refractivity contribution < 1.29 is 4.79 Å². The van der Waals surface area contributed by atoms with Crippen molar-refractivity contribution in [2.24, 2.45) is 0 Å². The summed E-state index contributed by atoms with van der Waals surface area (Å²) < 4.78 is 0. The highest BCUT2D eigenvalue weighted by Gasteiger charge is 2.08. The molecule has 1 N–H and O–H groups in total. The first kappa shape index (κ1) is 14.5. The molecule has 0 radical (unpaired) electrons. The Kier molecular flexibility index (Phi) is 4.52. The zero-order valence-electron chi connectivity index (χ0n) is 12.0. The smallest absolute Gasteiger partial charge is 0.253 e. The van der Waals surface area contributed by atoms with Crippen LogP contribution in [0, 0.1) is 11.3 Å². The van der Waals surface area contributed by atoms with Crippen LogP contribution in [0.3, 0.4) is 0 Å². The molecule has 0 saturated carbocycles. The lowest BCUT2D eigenvalue weighted by Crippen LogP contribution is -2.21. The zero-order valence-corrected chi connectivity index (χ0v) is 12.0. The molecular formula is C16H16N4O. The maximum atomic E-state index is 11.9. The number of pyridine rings is 1. The zero-order chi connectivity index (χ0) is 15.2. The number of carbonyl (C=O) groups excluding carboxylic acids is 1. The molecule has 1 heterocycles. The Labute approximate surface area is 123 Å². The molecule has 1 amide bonds. The summed E-state index contributed by atoms with van der Waals surface area (Å²) in [6.45, 7) is 0.544. The fraction of sp³-hybridized carbons (Fsp3) is 0.188. The third kappa shape index (κ3) is 3.80. The topological polar surface area (TPSA) is 69.0 Å². The molecule has 0 saturated heterocycles. The van der Waals surface area contributed by atoms with E-state index in [0.717, 1.165) is 5.56 Å². The molecule has 0 spiro atoms. The van der Waals surface area contributed by atoms with Gasteiger partial charge in [0.2, 0.25) is 0 Å². The monoisotopic (exact) mass is 280 g/mol. The van der Waals surface area contributed by atoms with E-state index < -0.39 is 0 Å². The molecular weight excluding hydrogens is 264 g/mol. The maximum absolute atomic E-state index is 11.9. The Bertz CT molecular complexity index is 689. The molecule has 5 nitrogen and oxygen atoms in total. The number of hydrogen-bond acceptors (Lipinski definition) is 4. The molecule has 0 bridgehead atoms. The summed E-state index contributed by atoms with van der Waals surface area (Å²) in [5.41, 5.74) is 2.20. The Morgan fingerprint density at radius 1 is 1.33 bits per heavy atom. The number of nitriles is 1. The van der Waals surface area contributed by atoms with Crippen LogP contribution in [-0.4, -0.2) is 29.9 Å². The van der Waals surface area contributed by atoms with Gasteiger partial charge in [-0.1, -0.05) is 12.1 Å². The average molecular weight is 280 g/mol. The van der Waals surface area contributed by atoms with Crippen molar-refractivity contribution in [3.05, 3.63) is 59.3 Å². The largest absolute Gasteiger partial charge is 0.366 e. The van der Waals surface area contributed by atoms with Gasteiger partial charge in [0.25, 0.3) is 5.91 Å². The van der Waals surface area contributed by atoms with Crippen LogP contribution in [0.4, 0.5) is 5.82 Å². The minimum Gasteiger partial charge on any atom is -0.366 e. The third-order valence-electron chi connectivity index (χ3n) is 2.94. The predicted molar refractivity (Wildman–Crippen MR) is 80.7 cm³/mol. The van der Waals surface area contributed by atoms with Gasteiger partial charge in [-0.3, -0.25) is 4.79 Å². The maximum Gasteiger partial charge on any atom is 0.253 e. The van der Waals surface area contributed by atoms with Crippen LogP contribution in [0.2, 0.25) is 0 Å². The molecule has 0 aliphatic carbocycles. The lowest BCUT2D eigenvalue weighted by Gasteiger charge is -2.11. The summed E-state index contributed by atoms with van der Waals surface area (Å²) in [6, 6.07) is 12.9. The average Bonchev–Trinajstić information content (AvgIpc) is 2.52. The number of anilines is 1. The summed E-state index contributed by atoms with van der Waals surface area (Å²) >= 11 is 0. The number of nitrogens with zero attached hydrogens (tertiary/aromatic N) is 3. The van der Waals surface area contributed by atoms with Crippen LogP contribution < -0.4 is 5.32 Å². The molecule has 0 aliphatic heterocycles. The molecule has 1 aromatic heterocycles. The van der Waals surface area contributed by atoms with Gasteiger partial charge in [0.15, 0.2) is 0 Å². The molecule has 0 fully saturated rings. The van der Waals surface area contributed by atoms with Gasteiger partial charge in [0, 0.05) is 32.4 Å². The molecule has 0 aliphatic rings. The first-order valence-corrected chi connectivity index (χ1v) is 6.51. The Morgan fingerprint density at radius 3 is 2.86 bits per heavy atom. The van der Waals surface area contributed by atoms with Gasteiger partial charge in [0.1, 0.15) is 5.82 Å². The summed E-state index contributed by atoms with van der Waals surface area (Å²) in [6.07, 6.45) is 1.60. The fourth-order valence-electron chi connectivity index (χ4n) is 1.86. The number of amides is 1. The minimum absolute atomic E-state index is 0.0630. The number of carbonyl (C=O) groups is 1. The van der Waals surface area contributed by atoms with Gasteiger partial charge >= 0.3 is 0 Å². The first-order valence-electron chi connectivity index (χ1n) is 6.51. The molecule has 1 aromatic carbocycles. The van der Waals surface area contributed by atoms with Gasteiger partial charge in [-0.2, -0.15) is 5.26 Å². The van der Waals surface area contributed by atoms with Crippen LogP contribution in [0.15, 0.2) is 42.6 Å². The van der Waals surface area contributed by atoms with Crippen LogP contribution in [0.1, 0.15) is 21.5 Å². The van der Waals surface area contributed by atoms with E-state index in [9.17, 15) is 4.79 Å². The fourth-order valence-corrected chi connectivity index (χ4v) is 1.86. The molecule has 106 valence electrons.